The highest BCUT2D eigenvalue weighted by atomic mass is 127. The monoisotopic (exact) mass is 295 g/mol. The van der Waals surface area contributed by atoms with Gasteiger partial charge >= 0.3 is 0 Å². The number of nitrogens with zero attached hydrogens (tertiary/aromatic N) is 1. The van der Waals surface area contributed by atoms with Gasteiger partial charge in [-0.1, -0.05) is 6.92 Å². The first-order valence-electron chi connectivity index (χ1n) is 5.70. The summed E-state index contributed by atoms with van der Waals surface area (Å²) >= 11 is 0. The van der Waals surface area contributed by atoms with E-state index < -0.39 is 0 Å². The van der Waals surface area contributed by atoms with Crippen LogP contribution < -0.4 is 24.0 Å². The van der Waals surface area contributed by atoms with Crippen molar-refractivity contribution in [2.45, 2.75) is 39.0 Å². The van der Waals surface area contributed by atoms with E-state index in [0.29, 0.717) is 0 Å². The summed E-state index contributed by atoms with van der Waals surface area (Å²) in [5, 5.41) is 0. The van der Waals surface area contributed by atoms with Crippen LogP contribution in [-0.2, 0) is 0 Å². The minimum Gasteiger partial charge on any atom is -1.00 e. The highest BCUT2D eigenvalue weighted by Gasteiger charge is 2.37. The van der Waals surface area contributed by atoms with Gasteiger partial charge in [-0.25, -0.2) is 0 Å². The molecule has 1 saturated heterocycles. The summed E-state index contributed by atoms with van der Waals surface area (Å²) in [6.45, 7) is 8.30. The molecule has 0 bridgehead atoms. The molecule has 0 aromatic rings. The Kier molecular flexibility index (Phi) is 4.49. The SMILES string of the molecule is CCC[N+]1(CC2CC2)CCCC1.[I-]. The molecule has 1 aliphatic carbocycles. The van der Waals surface area contributed by atoms with Crippen molar-refractivity contribution >= 4 is 0 Å². The first-order chi connectivity index (χ1) is 5.85. The van der Waals surface area contributed by atoms with Crippen molar-refractivity contribution in [1.29, 1.82) is 0 Å². The minimum absolute atomic E-state index is 0. The Hall–Kier alpha value is 0.690. The van der Waals surface area contributed by atoms with E-state index in [2.05, 4.69) is 6.92 Å². The molecule has 0 atom stereocenters. The molecule has 0 unspecified atom stereocenters. The van der Waals surface area contributed by atoms with Crippen LogP contribution in [0.4, 0.5) is 0 Å². The standard InChI is InChI=1S/C11H22N.HI/c1-2-7-12(8-3-4-9-12)10-11-5-6-11;/h11H,2-10H2,1H3;1H/q+1;/p-1. The van der Waals surface area contributed by atoms with Gasteiger partial charge in [-0.3, -0.25) is 0 Å². The van der Waals surface area contributed by atoms with Crippen LogP contribution in [-0.4, -0.2) is 30.7 Å². The molecule has 78 valence electrons. The molecule has 13 heavy (non-hydrogen) atoms. The van der Waals surface area contributed by atoms with Crippen molar-refractivity contribution in [3.05, 3.63) is 0 Å². The van der Waals surface area contributed by atoms with Gasteiger partial charge in [0.2, 0.25) is 0 Å². The number of halogens is 1. The maximum absolute atomic E-state index is 2.34. The first kappa shape index (κ1) is 11.8. The quantitative estimate of drug-likeness (QED) is 0.481. The summed E-state index contributed by atoms with van der Waals surface area (Å²) in [6.07, 6.45) is 7.43. The molecule has 2 fully saturated rings. The van der Waals surface area contributed by atoms with E-state index in [1.165, 1.54) is 62.8 Å². The van der Waals surface area contributed by atoms with Gasteiger partial charge in [-0.15, -0.1) is 0 Å². The predicted molar refractivity (Wildman–Crippen MR) is 52.0 cm³/mol. The van der Waals surface area contributed by atoms with E-state index in [1.807, 2.05) is 0 Å². The lowest BCUT2D eigenvalue weighted by molar-refractivity contribution is -0.918. The largest absolute Gasteiger partial charge is 1.00 e. The number of hydrogen-bond acceptors (Lipinski definition) is 0. The number of likely N-dealkylation sites (tertiary alicyclic amines) is 1. The van der Waals surface area contributed by atoms with Crippen molar-refractivity contribution in [3.8, 4) is 0 Å². The Morgan fingerprint density at radius 3 is 2.23 bits per heavy atom. The second-order valence-electron chi connectivity index (χ2n) is 4.85. The lowest BCUT2D eigenvalue weighted by Crippen LogP contribution is -3.00. The fourth-order valence-corrected chi connectivity index (χ4v) is 2.83. The lowest BCUT2D eigenvalue weighted by atomic mass is 10.2. The molecule has 0 aromatic carbocycles. The molecule has 2 aliphatic rings. The number of quaternary nitrogens is 1. The smallest absolute Gasteiger partial charge is 0.0815 e. The Bertz CT molecular complexity index is 148. The molecule has 2 rings (SSSR count). The van der Waals surface area contributed by atoms with Crippen LogP contribution in [0.2, 0.25) is 0 Å². The van der Waals surface area contributed by atoms with Gasteiger partial charge < -0.3 is 28.5 Å². The van der Waals surface area contributed by atoms with E-state index in [9.17, 15) is 0 Å². The summed E-state index contributed by atoms with van der Waals surface area (Å²) in [5.74, 6) is 1.12. The highest BCUT2D eigenvalue weighted by Crippen LogP contribution is 2.34. The minimum atomic E-state index is 0. The van der Waals surface area contributed by atoms with E-state index in [1.54, 1.807) is 0 Å². The Labute approximate surface area is 99.5 Å². The summed E-state index contributed by atoms with van der Waals surface area (Å²) in [6, 6.07) is 0. The molecule has 0 aromatic heterocycles. The molecule has 1 heterocycles. The topological polar surface area (TPSA) is 0 Å². The van der Waals surface area contributed by atoms with Crippen LogP contribution in [0, 0.1) is 5.92 Å². The maximum Gasteiger partial charge on any atom is 0.0815 e. The third kappa shape index (κ3) is 3.08. The Morgan fingerprint density at radius 2 is 1.77 bits per heavy atom. The van der Waals surface area contributed by atoms with E-state index >= 15 is 0 Å². The molecule has 0 radical (unpaired) electrons. The van der Waals surface area contributed by atoms with Crippen molar-refractivity contribution in [2.24, 2.45) is 5.92 Å². The van der Waals surface area contributed by atoms with Crippen LogP contribution in [0.3, 0.4) is 0 Å². The van der Waals surface area contributed by atoms with Crippen molar-refractivity contribution in [3.63, 3.8) is 0 Å². The van der Waals surface area contributed by atoms with E-state index in [0.717, 1.165) is 5.92 Å². The zero-order valence-corrected chi connectivity index (χ0v) is 10.9. The average molecular weight is 295 g/mol. The molecule has 0 amide bonds. The molecular formula is C11H22IN. The van der Waals surface area contributed by atoms with Crippen LogP contribution in [0.5, 0.6) is 0 Å². The van der Waals surface area contributed by atoms with Gasteiger partial charge in [0, 0.05) is 18.8 Å². The summed E-state index contributed by atoms with van der Waals surface area (Å²) in [7, 11) is 0. The van der Waals surface area contributed by atoms with Gasteiger partial charge in [-0.2, -0.15) is 0 Å². The molecular weight excluding hydrogens is 273 g/mol. The average Bonchev–Trinajstić information content (AvgIpc) is 2.72. The molecule has 0 N–H and O–H groups in total. The van der Waals surface area contributed by atoms with Crippen molar-refractivity contribution < 1.29 is 28.5 Å². The first-order valence-corrected chi connectivity index (χ1v) is 5.70. The maximum atomic E-state index is 2.34. The van der Waals surface area contributed by atoms with Crippen molar-refractivity contribution in [2.75, 3.05) is 26.2 Å². The van der Waals surface area contributed by atoms with E-state index in [4.69, 9.17) is 0 Å². The molecule has 2 heteroatoms. The zero-order valence-electron chi connectivity index (χ0n) is 8.77. The highest BCUT2D eigenvalue weighted by molar-refractivity contribution is 4.74. The summed E-state index contributed by atoms with van der Waals surface area (Å²) < 4.78 is 1.49. The second kappa shape index (κ2) is 4.96. The Morgan fingerprint density at radius 1 is 1.15 bits per heavy atom. The normalized spacial score (nSPS) is 25.6. The van der Waals surface area contributed by atoms with Crippen molar-refractivity contribution in [1.82, 2.24) is 0 Å². The molecule has 1 aliphatic heterocycles. The lowest BCUT2D eigenvalue weighted by Gasteiger charge is -2.34. The third-order valence-corrected chi connectivity index (χ3v) is 3.56. The van der Waals surface area contributed by atoms with Gasteiger partial charge in [-0.05, 0) is 19.3 Å². The fraction of sp³-hybridized carbons (Fsp3) is 1.00. The predicted octanol–water partition coefficient (Wildman–Crippen LogP) is -0.579. The summed E-state index contributed by atoms with van der Waals surface area (Å²) in [5.41, 5.74) is 0. The number of hydrogen-bond donors (Lipinski definition) is 0. The van der Waals surface area contributed by atoms with Gasteiger partial charge in [0.15, 0.2) is 0 Å². The van der Waals surface area contributed by atoms with Crippen LogP contribution in [0.25, 0.3) is 0 Å². The number of rotatable bonds is 4. The van der Waals surface area contributed by atoms with Gasteiger partial charge in [0.1, 0.15) is 0 Å². The van der Waals surface area contributed by atoms with Crippen LogP contribution >= 0.6 is 0 Å². The van der Waals surface area contributed by atoms with Gasteiger partial charge in [0.25, 0.3) is 0 Å². The fourth-order valence-electron chi connectivity index (χ4n) is 2.83. The Balaban J connectivity index is 0.000000845. The molecule has 1 nitrogen and oxygen atoms in total. The zero-order chi connectivity index (χ0) is 8.44. The van der Waals surface area contributed by atoms with Gasteiger partial charge in [0.05, 0.1) is 26.2 Å². The third-order valence-electron chi connectivity index (χ3n) is 3.56. The van der Waals surface area contributed by atoms with E-state index in [-0.39, 0.29) is 24.0 Å². The molecule has 1 saturated carbocycles. The van der Waals surface area contributed by atoms with Crippen LogP contribution in [0.1, 0.15) is 39.0 Å². The summed E-state index contributed by atoms with van der Waals surface area (Å²) in [4.78, 5) is 0. The second-order valence-corrected chi connectivity index (χ2v) is 4.85. The molecule has 0 spiro atoms. The van der Waals surface area contributed by atoms with Crippen LogP contribution in [0.15, 0.2) is 0 Å².